The number of nitrogens with zero attached hydrogens (tertiary/aromatic N) is 2. The maximum Gasteiger partial charge on any atom is 0.242 e. The van der Waals surface area contributed by atoms with Crippen molar-refractivity contribution in [3.8, 4) is 0 Å². The molecule has 0 aliphatic heterocycles. The molecular weight excluding hydrogens is 404 g/mol. The highest BCUT2D eigenvalue weighted by Crippen LogP contribution is 2.51. The Morgan fingerprint density at radius 1 is 1.07 bits per heavy atom. The maximum atomic E-state index is 12.6. The van der Waals surface area contributed by atoms with Crippen LogP contribution >= 0.6 is 11.8 Å². The molecule has 8 heteroatoms. The fraction of sp³-hybridized carbons (Fsp3) is 0.381. The number of aliphatic imine (C=N–C) groups is 1. The van der Waals surface area contributed by atoms with E-state index in [-0.39, 0.29) is 4.75 Å². The molecule has 1 saturated carbocycles. The molecule has 6 nitrogen and oxygen atoms in total. The van der Waals surface area contributed by atoms with Gasteiger partial charge in [0.15, 0.2) is 5.96 Å². The van der Waals surface area contributed by atoms with Crippen LogP contribution in [0.2, 0.25) is 0 Å². The zero-order chi connectivity index (χ0) is 20.9. The number of hydrogen-bond acceptors (Lipinski definition) is 4. The van der Waals surface area contributed by atoms with Gasteiger partial charge >= 0.3 is 0 Å². The molecule has 0 spiro atoms. The second kappa shape index (κ2) is 9.19. The lowest BCUT2D eigenvalue weighted by atomic mass is 10.2. The van der Waals surface area contributed by atoms with Crippen LogP contribution in [-0.2, 0) is 16.6 Å². The first-order chi connectivity index (χ1) is 13.9. The van der Waals surface area contributed by atoms with Gasteiger partial charge in [0, 0.05) is 43.9 Å². The van der Waals surface area contributed by atoms with Crippen molar-refractivity contribution in [2.75, 3.05) is 27.7 Å². The Hall–Kier alpha value is -2.03. The van der Waals surface area contributed by atoms with Crippen molar-refractivity contribution in [2.24, 2.45) is 4.99 Å². The van der Waals surface area contributed by atoms with Gasteiger partial charge in [-0.05, 0) is 36.6 Å². The minimum absolute atomic E-state index is 0.200. The van der Waals surface area contributed by atoms with E-state index >= 15 is 0 Å². The Kier molecular flexibility index (Phi) is 6.87. The quantitative estimate of drug-likeness (QED) is 0.496. The minimum atomic E-state index is -3.49. The lowest BCUT2D eigenvalue weighted by molar-refractivity contribution is 0.519. The van der Waals surface area contributed by atoms with E-state index in [0.29, 0.717) is 23.0 Å². The van der Waals surface area contributed by atoms with E-state index in [1.807, 2.05) is 30.0 Å². The molecule has 0 bridgehead atoms. The summed E-state index contributed by atoms with van der Waals surface area (Å²) in [5.41, 5.74) is 0.712. The molecule has 1 aliphatic rings. The smallest absolute Gasteiger partial charge is 0.242 e. The molecular formula is C21H28N4O2S2. The van der Waals surface area contributed by atoms with Gasteiger partial charge in [0.2, 0.25) is 10.0 Å². The third-order valence-electron chi connectivity index (χ3n) is 4.86. The van der Waals surface area contributed by atoms with E-state index in [4.69, 9.17) is 0 Å². The van der Waals surface area contributed by atoms with Gasteiger partial charge in [-0.1, -0.05) is 36.4 Å². The fourth-order valence-corrected chi connectivity index (χ4v) is 5.29. The summed E-state index contributed by atoms with van der Waals surface area (Å²) in [5.74, 6) is 0.669. The number of benzene rings is 2. The summed E-state index contributed by atoms with van der Waals surface area (Å²) in [6, 6.07) is 17.5. The lowest BCUT2D eigenvalue weighted by Gasteiger charge is -2.19. The van der Waals surface area contributed by atoms with Gasteiger partial charge in [-0.25, -0.2) is 12.7 Å². The lowest BCUT2D eigenvalue weighted by Crippen LogP contribution is -2.41. The summed E-state index contributed by atoms with van der Waals surface area (Å²) >= 11 is 1.90. The zero-order valence-corrected chi connectivity index (χ0v) is 18.7. The molecule has 0 heterocycles. The Balaban J connectivity index is 1.60. The van der Waals surface area contributed by atoms with E-state index in [1.165, 1.54) is 22.0 Å². The van der Waals surface area contributed by atoms with Gasteiger partial charge in [0.05, 0.1) is 4.90 Å². The number of hydrogen-bond donors (Lipinski definition) is 2. The van der Waals surface area contributed by atoms with Gasteiger partial charge in [-0.3, -0.25) is 4.99 Å². The molecule has 2 N–H and O–H groups in total. The van der Waals surface area contributed by atoms with E-state index in [2.05, 4.69) is 39.9 Å². The van der Waals surface area contributed by atoms with Crippen LogP contribution in [0.1, 0.15) is 18.4 Å². The Labute approximate surface area is 177 Å². The van der Waals surface area contributed by atoms with Crippen molar-refractivity contribution < 1.29 is 8.42 Å². The van der Waals surface area contributed by atoms with E-state index in [1.54, 1.807) is 33.3 Å². The molecule has 2 aromatic rings. The molecule has 156 valence electrons. The van der Waals surface area contributed by atoms with Crippen LogP contribution < -0.4 is 10.6 Å². The highest BCUT2D eigenvalue weighted by molar-refractivity contribution is 8.01. The number of nitrogens with one attached hydrogen (secondary N) is 2. The summed E-state index contributed by atoms with van der Waals surface area (Å²) in [7, 11) is 1.31. The summed E-state index contributed by atoms with van der Waals surface area (Å²) in [6.07, 6.45) is 2.33. The van der Waals surface area contributed by atoms with Gasteiger partial charge in [-0.2, -0.15) is 0 Å². The normalized spacial score (nSPS) is 15.9. The summed E-state index contributed by atoms with van der Waals surface area (Å²) in [5, 5.41) is 6.65. The minimum Gasteiger partial charge on any atom is -0.355 e. The molecule has 0 unspecified atom stereocenters. The predicted octanol–water partition coefficient (Wildman–Crippen LogP) is 2.93. The molecule has 1 aliphatic carbocycles. The van der Waals surface area contributed by atoms with Crippen LogP contribution in [0.5, 0.6) is 0 Å². The van der Waals surface area contributed by atoms with Crippen molar-refractivity contribution in [3.63, 3.8) is 0 Å². The van der Waals surface area contributed by atoms with Crippen molar-refractivity contribution in [3.05, 3.63) is 60.2 Å². The third kappa shape index (κ3) is 5.52. The van der Waals surface area contributed by atoms with Gasteiger partial charge in [0.1, 0.15) is 0 Å². The van der Waals surface area contributed by atoms with Crippen LogP contribution in [0.4, 0.5) is 0 Å². The van der Waals surface area contributed by atoms with Crippen LogP contribution in [0, 0.1) is 0 Å². The Bertz CT molecular complexity index is 956. The Morgan fingerprint density at radius 2 is 1.72 bits per heavy atom. The van der Waals surface area contributed by atoms with E-state index in [9.17, 15) is 8.42 Å². The SMILES string of the molecule is CN=C(NCc1ccccc1S(=O)(=O)N(C)C)NCC1(Sc2ccccc2)CC1. The van der Waals surface area contributed by atoms with E-state index in [0.717, 1.165) is 6.54 Å². The summed E-state index contributed by atoms with van der Waals surface area (Å²) < 4.78 is 26.5. The van der Waals surface area contributed by atoms with Gasteiger partial charge < -0.3 is 10.6 Å². The first-order valence-corrected chi connectivity index (χ1v) is 11.8. The fourth-order valence-electron chi connectivity index (χ4n) is 2.94. The van der Waals surface area contributed by atoms with E-state index < -0.39 is 10.0 Å². The van der Waals surface area contributed by atoms with Gasteiger partial charge in [-0.15, -0.1) is 11.8 Å². The Morgan fingerprint density at radius 3 is 2.34 bits per heavy atom. The molecule has 3 rings (SSSR count). The van der Waals surface area contributed by atoms with Crippen molar-refractivity contribution >= 4 is 27.7 Å². The van der Waals surface area contributed by atoms with Crippen molar-refractivity contribution in [1.29, 1.82) is 0 Å². The van der Waals surface area contributed by atoms with Crippen LogP contribution in [0.3, 0.4) is 0 Å². The highest BCUT2D eigenvalue weighted by atomic mass is 32.2. The molecule has 2 aromatic carbocycles. The second-order valence-corrected chi connectivity index (χ2v) is 10.9. The molecule has 0 saturated heterocycles. The molecule has 0 atom stereocenters. The monoisotopic (exact) mass is 432 g/mol. The van der Waals surface area contributed by atoms with Crippen LogP contribution in [0.25, 0.3) is 0 Å². The molecule has 0 radical (unpaired) electrons. The number of thioether (sulfide) groups is 1. The highest BCUT2D eigenvalue weighted by Gasteiger charge is 2.43. The second-order valence-electron chi connectivity index (χ2n) is 7.27. The topological polar surface area (TPSA) is 73.8 Å². The van der Waals surface area contributed by atoms with Gasteiger partial charge in [0.25, 0.3) is 0 Å². The average Bonchev–Trinajstić information content (AvgIpc) is 3.48. The number of rotatable bonds is 8. The molecule has 0 aromatic heterocycles. The largest absolute Gasteiger partial charge is 0.355 e. The zero-order valence-electron chi connectivity index (χ0n) is 17.1. The summed E-state index contributed by atoms with van der Waals surface area (Å²) in [4.78, 5) is 5.88. The number of sulfonamides is 1. The third-order valence-corrected chi connectivity index (χ3v) is 8.27. The van der Waals surface area contributed by atoms with Crippen molar-refractivity contribution in [2.45, 2.75) is 33.9 Å². The first kappa shape index (κ1) is 21.7. The van der Waals surface area contributed by atoms with Crippen molar-refractivity contribution in [1.82, 2.24) is 14.9 Å². The molecule has 29 heavy (non-hydrogen) atoms. The maximum absolute atomic E-state index is 12.6. The molecule has 1 fully saturated rings. The first-order valence-electron chi connectivity index (χ1n) is 9.55. The standard InChI is InChI=1S/C21H28N4O2S2/c1-22-20(24-16-21(13-14-21)28-18-10-5-4-6-11-18)23-15-17-9-7-8-12-19(17)29(26,27)25(2)3/h4-12H,13-16H2,1-3H3,(H2,22,23,24). The predicted molar refractivity (Wildman–Crippen MR) is 120 cm³/mol. The average molecular weight is 433 g/mol. The van der Waals surface area contributed by atoms with Crippen LogP contribution in [-0.4, -0.2) is 51.1 Å². The van der Waals surface area contributed by atoms with Crippen LogP contribution in [0.15, 0.2) is 69.4 Å². The number of guanidine groups is 1. The summed E-state index contributed by atoms with van der Waals surface area (Å²) in [6.45, 7) is 1.19. The molecule has 0 amide bonds.